The minimum atomic E-state index is -3.52. The molecule has 11 heteroatoms. The number of carbonyl (C=O) groups excluding carboxylic acids is 2. The van der Waals surface area contributed by atoms with Crippen molar-refractivity contribution >= 4 is 31.7 Å². The summed E-state index contributed by atoms with van der Waals surface area (Å²) in [7, 11) is -6.65. The lowest BCUT2D eigenvalue weighted by atomic mass is 10.2. The van der Waals surface area contributed by atoms with Crippen LogP contribution in [0.1, 0.15) is 39.5 Å². The van der Waals surface area contributed by atoms with Crippen LogP contribution in [-0.4, -0.2) is 87.0 Å². The Morgan fingerprint density at radius 3 is 2.48 bits per heavy atom. The van der Waals surface area contributed by atoms with Gasteiger partial charge in [0.1, 0.15) is 6.04 Å². The number of nitrogens with zero attached hydrogens (tertiary/aromatic N) is 2. The van der Waals surface area contributed by atoms with Crippen molar-refractivity contribution in [2.75, 3.05) is 37.0 Å². The Hall–Kier alpha value is -1.20. The van der Waals surface area contributed by atoms with Crippen molar-refractivity contribution in [1.82, 2.24) is 9.21 Å². The zero-order valence-electron chi connectivity index (χ0n) is 15.8. The highest BCUT2D eigenvalue weighted by Gasteiger charge is 2.40. The highest BCUT2D eigenvalue weighted by molar-refractivity contribution is 7.91. The van der Waals surface area contributed by atoms with E-state index in [1.54, 1.807) is 13.8 Å². The van der Waals surface area contributed by atoms with E-state index in [-0.39, 0.29) is 23.8 Å². The van der Waals surface area contributed by atoms with Crippen LogP contribution in [0, 0.1) is 0 Å². The third-order valence-electron chi connectivity index (χ3n) is 4.94. The van der Waals surface area contributed by atoms with E-state index in [0.29, 0.717) is 32.2 Å². The van der Waals surface area contributed by atoms with Crippen LogP contribution >= 0.6 is 0 Å². The van der Waals surface area contributed by atoms with Gasteiger partial charge in [0.05, 0.1) is 17.3 Å². The molecule has 2 aliphatic rings. The van der Waals surface area contributed by atoms with Crippen molar-refractivity contribution < 1.29 is 31.2 Å². The molecule has 2 fully saturated rings. The predicted molar refractivity (Wildman–Crippen MR) is 99.2 cm³/mol. The number of sulfone groups is 1. The summed E-state index contributed by atoms with van der Waals surface area (Å²) in [5, 5.41) is 0. The maximum absolute atomic E-state index is 12.4. The zero-order chi connectivity index (χ0) is 20.2. The normalized spacial score (nSPS) is 25.4. The van der Waals surface area contributed by atoms with E-state index >= 15 is 0 Å². The third-order valence-corrected chi connectivity index (χ3v) is 8.77. The first-order valence-corrected chi connectivity index (χ1v) is 12.7. The van der Waals surface area contributed by atoms with E-state index in [1.807, 2.05) is 0 Å². The van der Waals surface area contributed by atoms with Gasteiger partial charge in [-0.1, -0.05) is 6.92 Å². The molecule has 2 saturated heterocycles. The molecule has 0 aromatic rings. The second-order valence-corrected chi connectivity index (χ2v) is 11.2. The van der Waals surface area contributed by atoms with Gasteiger partial charge in [0.25, 0.3) is 5.91 Å². The number of ether oxygens (including phenoxy) is 1. The van der Waals surface area contributed by atoms with E-state index in [4.69, 9.17) is 4.74 Å². The number of esters is 1. The van der Waals surface area contributed by atoms with Gasteiger partial charge in [-0.3, -0.25) is 9.59 Å². The first kappa shape index (κ1) is 22.1. The van der Waals surface area contributed by atoms with Crippen molar-refractivity contribution in [3.63, 3.8) is 0 Å². The topological polar surface area (TPSA) is 118 Å². The summed E-state index contributed by atoms with van der Waals surface area (Å²) in [6, 6.07) is -1.30. The van der Waals surface area contributed by atoms with Crippen LogP contribution in [0.4, 0.5) is 0 Å². The van der Waals surface area contributed by atoms with Gasteiger partial charge in [-0.05, 0) is 32.6 Å². The van der Waals surface area contributed by atoms with Crippen LogP contribution < -0.4 is 0 Å². The molecule has 0 saturated carbocycles. The summed E-state index contributed by atoms with van der Waals surface area (Å²) in [5.74, 6) is -1.25. The highest BCUT2D eigenvalue weighted by atomic mass is 32.2. The highest BCUT2D eigenvalue weighted by Crippen LogP contribution is 2.23. The van der Waals surface area contributed by atoms with Gasteiger partial charge in [0, 0.05) is 19.1 Å². The Labute approximate surface area is 161 Å². The second kappa shape index (κ2) is 8.87. The van der Waals surface area contributed by atoms with E-state index in [2.05, 4.69) is 0 Å². The van der Waals surface area contributed by atoms with Crippen LogP contribution in [0.25, 0.3) is 0 Å². The van der Waals surface area contributed by atoms with E-state index in [0.717, 1.165) is 0 Å². The maximum atomic E-state index is 12.4. The zero-order valence-corrected chi connectivity index (χ0v) is 17.4. The Balaban J connectivity index is 1.94. The molecular formula is C16H28N2O7S2. The minimum absolute atomic E-state index is 0.0323. The van der Waals surface area contributed by atoms with Gasteiger partial charge < -0.3 is 9.64 Å². The van der Waals surface area contributed by atoms with Crippen LogP contribution in [-0.2, 0) is 34.2 Å². The molecule has 9 nitrogen and oxygen atoms in total. The average Bonchev–Trinajstić information content (AvgIpc) is 3.20. The van der Waals surface area contributed by atoms with Crippen molar-refractivity contribution in [3.8, 4) is 0 Å². The Morgan fingerprint density at radius 1 is 1.22 bits per heavy atom. The molecule has 0 aliphatic carbocycles. The molecule has 2 unspecified atom stereocenters. The molecule has 0 bridgehead atoms. The number of amides is 1. The van der Waals surface area contributed by atoms with E-state index < -0.39 is 50.4 Å². The quantitative estimate of drug-likeness (QED) is 0.494. The summed E-state index contributed by atoms with van der Waals surface area (Å²) in [6.07, 6.45) is 1.77. The van der Waals surface area contributed by atoms with Gasteiger partial charge in [-0.2, -0.15) is 4.31 Å². The number of hydrogen-bond acceptors (Lipinski definition) is 7. The lowest BCUT2D eigenvalue weighted by Crippen LogP contribution is -2.45. The van der Waals surface area contributed by atoms with Crippen LogP contribution in [0.2, 0.25) is 0 Å². The molecule has 2 aliphatic heterocycles. The molecule has 156 valence electrons. The monoisotopic (exact) mass is 424 g/mol. The smallest absolute Gasteiger partial charge is 0.324 e. The minimum Gasteiger partial charge on any atom is -0.454 e. The Bertz CT molecular complexity index is 764. The fourth-order valence-corrected chi connectivity index (χ4v) is 7.12. The van der Waals surface area contributed by atoms with Crippen molar-refractivity contribution in [2.24, 2.45) is 0 Å². The molecular weight excluding hydrogens is 396 g/mol. The van der Waals surface area contributed by atoms with Gasteiger partial charge in [-0.25, -0.2) is 16.8 Å². The molecule has 0 aromatic carbocycles. The summed E-state index contributed by atoms with van der Waals surface area (Å²) < 4.78 is 54.0. The summed E-state index contributed by atoms with van der Waals surface area (Å²) in [6.45, 7) is 3.57. The Morgan fingerprint density at radius 2 is 1.93 bits per heavy atom. The molecule has 0 spiro atoms. The maximum Gasteiger partial charge on any atom is 0.324 e. The molecule has 0 N–H and O–H groups in total. The second-order valence-electron chi connectivity index (χ2n) is 6.93. The average molecular weight is 425 g/mol. The molecule has 0 radical (unpaired) electrons. The van der Waals surface area contributed by atoms with Gasteiger partial charge in [0.2, 0.25) is 10.0 Å². The molecule has 2 rings (SSSR count). The molecule has 27 heavy (non-hydrogen) atoms. The van der Waals surface area contributed by atoms with Crippen molar-refractivity contribution in [1.29, 1.82) is 0 Å². The summed E-state index contributed by atoms with van der Waals surface area (Å²) in [4.78, 5) is 26.2. The number of sulfonamides is 1. The summed E-state index contributed by atoms with van der Waals surface area (Å²) in [5.41, 5.74) is 0. The Kier molecular flexibility index (Phi) is 7.26. The van der Waals surface area contributed by atoms with Gasteiger partial charge >= 0.3 is 5.97 Å². The SMILES string of the molecule is CCCS(=O)(=O)N1CCCC1C(=O)OCC(=O)N(CC)C1CCS(=O)(=O)C1. The van der Waals surface area contributed by atoms with Crippen LogP contribution in [0.5, 0.6) is 0 Å². The number of hydrogen-bond donors (Lipinski definition) is 0. The van der Waals surface area contributed by atoms with Crippen molar-refractivity contribution in [3.05, 3.63) is 0 Å². The molecule has 0 aromatic heterocycles. The van der Waals surface area contributed by atoms with Gasteiger partial charge in [0.15, 0.2) is 16.4 Å². The number of likely N-dealkylation sites (N-methyl/N-ethyl adjacent to an activating group) is 1. The fraction of sp³-hybridized carbons (Fsp3) is 0.875. The lowest BCUT2D eigenvalue weighted by Gasteiger charge is -2.27. The molecule has 1 amide bonds. The van der Waals surface area contributed by atoms with Crippen molar-refractivity contribution in [2.45, 2.75) is 51.6 Å². The number of carbonyl (C=O) groups is 2. The van der Waals surface area contributed by atoms with Gasteiger partial charge in [-0.15, -0.1) is 0 Å². The van der Waals surface area contributed by atoms with Crippen LogP contribution in [0.3, 0.4) is 0 Å². The standard InChI is InChI=1S/C16H28N2O7S2/c1-3-9-27(23,24)18-8-5-6-14(18)16(20)25-11-15(19)17(4-2)13-7-10-26(21,22)12-13/h13-14H,3-12H2,1-2H3. The first-order valence-electron chi connectivity index (χ1n) is 9.27. The molecule has 2 atom stereocenters. The van der Waals surface area contributed by atoms with E-state index in [9.17, 15) is 26.4 Å². The fourth-order valence-electron chi connectivity index (χ4n) is 3.66. The largest absolute Gasteiger partial charge is 0.454 e. The van der Waals surface area contributed by atoms with Crippen LogP contribution in [0.15, 0.2) is 0 Å². The predicted octanol–water partition coefficient (Wildman–Crippen LogP) is -0.231. The number of rotatable bonds is 8. The molecule has 2 heterocycles. The third kappa shape index (κ3) is 5.41. The summed E-state index contributed by atoms with van der Waals surface area (Å²) >= 11 is 0. The first-order chi connectivity index (χ1) is 12.6. The van der Waals surface area contributed by atoms with E-state index in [1.165, 1.54) is 9.21 Å². The lowest BCUT2D eigenvalue weighted by molar-refractivity contribution is -0.155.